The Morgan fingerprint density at radius 2 is 1.89 bits per heavy atom. The van der Waals surface area contributed by atoms with E-state index in [9.17, 15) is 9.59 Å². The van der Waals surface area contributed by atoms with E-state index >= 15 is 0 Å². The first-order valence-corrected chi connectivity index (χ1v) is 7.44. The van der Waals surface area contributed by atoms with Gasteiger partial charge in [-0.15, -0.1) is 0 Å². The van der Waals surface area contributed by atoms with Crippen LogP contribution in [0.2, 0.25) is 0 Å². The summed E-state index contributed by atoms with van der Waals surface area (Å²) in [4.78, 5) is 24.2. The third-order valence-electron chi connectivity index (χ3n) is 3.66. The minimum atomic E-state index is -0.681. The van der Waals surface area contributed by atoms with Crippen LogP contribution in [0.15, 0.2) is 0 Å². The highest BCUT2D eigenvalue weighted by Crippen LogP contribution is 2.28. The predicted octanol–water partition coefficient (Wildman–Crippen LogP) is 1.07. The molecule has 19 heavy (non-hydrogen) atoms. The van der Waals surface area contributed by atoms with Gasteiger partial charge in [0.1, 0.15) is 5.54 Å². The fourth-order valence-corrected chi connectivity index (χ4v) is 2.56. The fourth-order valence-electron chi connectivity index (χ4n) is 2.56. The zero-order chi connectivity index (χ0) is 14.1. The summed E-state index contributed by atoms with van der Waals surface area (Å²) < 4.78 is 0. The van der Waals surface area contributed by atoms with Gasteiger partial charge in [-0.3, -0.25) is 9.59 Å². The number of nitrogens with one attached hydrogen (secondary N) is 2. The minimum Gasteiger partial charge on any atom is -0.354 e. The van der Waals surface area contributed by atoms with Gasteiger partial charge in [-0.25, -0.2) is 0 Å². The van der Waals surface area contributed by atoms with Crippen LogP contribution in [0.1, 0.15) is 58.3 Å². The lowest BCUT2D eigenvalue weighted by molar-refractivity contribution is -0.135. The molecule has 0 saturated heterocycles. The monoisotopic (exact) mass is 269 g/mol. The average molecular weight is 269 g/mol. The Hall–Kier alpha value is -1.10. The molecule has 2 amide bonds. The molecule has 1 saturated carbocycles. The Labute approximate surface area is 115 Å². The molecule has 0 aromatic rings. The molecule has 0 aromatic carbocycles. The maximum Gasteiger partial charge on any atom is 0.245 e. The molecule has 1 aliphatic rings. The number of amides is 2. The molecule has 4 N–H and O–H groups in total. The van der Waals surface area contributed by atoms with E-state index in [0.29, 0.717) is 25.9 Å². The molecular weight excluding hydrogens is 242 g/mol. The zero-order valence-corrected chi connectivity index (χ0v) is 12.0. The first-order valence-electron chi connectivity index (χ1n) is 7.44. The molecule has 0 spiro atoms. The largest absolute Gasteiger partial charge is 0.354 e. The second kappa shape index (κ2) is 8.15. The minimum absolute atomic E-state index is 0.0184. The predicted molar refractivity (Wildman–Crippen MR) is 75.5 cm³/mol. The van der Waals surface area contributed by atoms with Crippen LogP contribution < -0.4 is 16.4 Å². The quantitative estimate of drug-likeness (QED) is 0.646. The van der Waals surface area contributed by atoms with Crippen molar-refractivity contribution in [2.75, 3.05) is 13.1 Å². The van der Waals surface area contributed by atoms with Crippen molar-refractivity contribution >= 4 is 11.8 Å². The maximum absolute atomic E-state index is 12.3. The summed E-state index contributed by atoms with van der Waals surface area (Å²) in [7, 11) is 0. The number of rotatable bonds is 7. The van der Waals surface area contributed by atoms with E-state index in [0.717, 1.165) is 38.5 Å². The Morgan fingerprint density at radius 1 is 1.21 bits per heavy atom. The van der Waals surface area contributed by atoms with Crippen LogP contribution in [0.5, 0.6) is 0 Å². The lowest BCUT2D eigenvalue weighted by Gasteiger charge is -2.36. The van der Waals surface area contributed by atoms with E-state index in [1.54, 1.807) is 0 Å². The van der Waals surface area contributed by atoms with E-state index in [1.807, 2.05) is 6.92 Å². The summed E-state index contributed by atoms with van der Waals surface area (Å²) in [6.45, 7) is 3.19. The lowest BCUT2D eigenvalue weighted by Crippen LogP contribution is -2.59. The molecule has 0 bridgehead atoms. The Kier molecular flexibility index (Phi) is 6.84. The summed E-state index contributed by atoms with van der Waals surface area (Å²) in [6, 6.07) is 0. The molecule has 1 aliphatic carbocycles. The van der Waals surface area contributed by atoms with Gasteiger partial charge in [0, 0.05) is 13.0 Å². The van der Waals surface area contributed by atoms with Crippen molar-refractivity contribution in [1.82, 2.24) is 10.6 Å². The van der Waals surface area contributed by atoms with Crippen molar-refractivity contribution in [1.29, 1.82) is 0 Å². The summed E-state index contributed by atoms with van der Waals surface area (Å²) >= 11 is 0. The Bertz CT molecular complexity index is 299. The smallest absolute Gasteiger partial charge is 0.245 e. The van der Waals surface area contributed by atoms with Crippen LogP contribution in [0.25, 0.3) is 0 Å². The molecule has 0 aromatic heterocycles. The van der Waals surface area contributed by atoms with Crippen LogP contribution in [-0.2, 0) is 9.59 Å². The van der Waals surface area contributed by atoms with Gasteiger partial charge in [0.05, 0.1) is 0 Å². The van der Waals surface area contributed by atoms with Crippen molar-refractivity contribution < 1.29 is 9.59 Å². The second-order valence-electron chi connectivity index (χ2n) is 5.34. The van der Waals surface area contributed by atoms with Crippen LogP contribution in [0.4, 0.5) is 0 Å². The fraction of sp³-hybridized carbons (Fsp3) is 0.857. The highest BCUT2D eigenvalue weighted by molar-refractivity contribution is 5.91. The van der Waals surface area contributed by atoms with Crippen molar-refractivity contribution in [2.24, 2.45) is 5.73 Å². The standard InChI is InChI=1S/C14H27N3O2/c1-2-11-16-13(19)14(8-4-3-5-9-14)17-12(18)7-6-10-15/h2-11,15H2,1H3,(H,16,19)(H,17,18). The van der Waals surface area contributed by atoms with Gasteiger partial charge in [0.25, 0.3) is 0 Å². The van der Waals surface area contributed by atoms with E-state index in [1.165, 1.54) is 0 Å². The molecule has 0 heterocycles. The molecule has 5 heteroatoms. The summed E-state index contributed by atoms with van der Waals surface area (Å²) in [6.07, 6.45) is 6.60. The first-order chi connectivity index (χ1) is 9.14. The lowest BCUT2D eigenvalue weighted by atomic mass is 9.80. The highest BCUT2D eigenvalue weighted by atomic mass is 16.2. The molecule has 0 unspecified atom stereocenters. The molecule has 0 radical (unpaired) electrons. The van der Waals surface area contributed by atoms with Gasteiger partial charge >= 0.3 is 0 Å². The van der Waals surface area contributed by atoms with Crippen molar-refractivity contribution in [3.63, 3.8) is 0 Å². The molecule has 1 fully saturated rings. The maximum atomic E-state index is 12.3. The number of carbonyl (C=O) groups is 2. The number of nitrogens with two attached hydrogens (primary N) is 1. The van der Waals surface area contributed by atoms with E-state index < -0.39 is 5.54 Å². The van der Waals surface area contributed by atoms with Gasteiger partial charge in [0.2, 0.25) is 11.8 Å². The number of carbonyl (C=O) groups excluding carboxylic acids is 2. The normalized spacial score (nSPS) is 17.8. The van der Waals surface area contributed by atoms with Gasteiger partial charge in [-0.2, -0.15) is 0 Å². The van der Waals surface area contributed by atoms with Crippen LogP contribution >= 0.6 is 0 Å². The Balaban J connectivity index is 2.63. The van der Waals surface area contributed by atoms with Gasteiger partial charge in [-0.05, 0) is 32.2 Å². The molecule has 5 nitrogen and oxygen atoms in total. The van der Waals surface area contributed by atoms with E-state index in [2.05, 4.69) is 10.6 Å². The van der Waals surface area contributed by atoms with Crippen LogP contribution in [0.3, 0.4) is 0 Å². The van der Waals surface area contributed by atoms with Crippen LogP contribution in [-0.4, -0.2) is 30.4 Å². The van der Waals surface area contributed by atoms with Gasteiger partial charge in [0.15, 0.2) is 0 Å². The highest BCUT2D eigenvalue weighted by Gasteiger charge is 2.40. The molecule has 0 aliphatic heterocycles. The number of hydrogen-bond acceptors (Lipinski definition) is 3. The number of hydrogen-bond donors (Lipinski definition) is 3. The van der Waals surface area contributed by atoms with Gasteiger partial charge in [-0.1, -0.05) is 26.2 Å². The van der Waals surface area contributed by atoms with Crippen molar-refractivity contribution in [3.8, 4) is 0 Å². The summed E-state index contributed by atoms with van der Waals surface area (Å²) in [5.74, 6) is -0.0749. The van der Waals surface area contributed by atoms with E-state index in [-0.39, 0.29) is 11.8 Å². The third-order valence-corrected chi connectivity index (χ3v) is 3.66. The molecule has 1 rings (SSSR count). The van der Waals surface area contributed by atoms with Gasteiger partial charge < -0.3 is 16.4 Å². The van der Waals surface area contributed by atoms with E-state index in [4.69, 9.17) is 5.73 Å². The average Bonchev–Trinajstić information content (AvgIpc) is 2.43. The summed E-state index contributed by atoms with van der Waals surface area (Å²) in [5, 5.41) is 5.90. The van der Waals surface area contributed by atoms with Crippen molar-refractivity contribution in [3.05, 3.63) is 0 Å². The second-order valence-corrected chi connectivity index (χ2v) is 5.34. The molecule has 110 valence electrons. The van der Waals surface area contributed by atoms with Crippen LogP contribution in [0, 0.1) is 0 Å². The first kappa shape index (κ1) is 16.0. The zero-order valence-electron chi connectivity index (χ0n) is 12.0. The Morgan fingerprint density at radius 3 is 2.47 bits per heavy atom. The third kappa shape index (κ3) is 4.82. The molecule has 0 atom stereocenters. The topological polar surface area (TPSA) is 84.2 Å². The van der Waals surface area contributed by atoms with Crippen molar-refractivity contribution in [2.45, 2.75) is 63.8 Å². The SMILES string of the molecule is CCCNC(=O)C1(NC(=O)CCCN)CCCCC1. The molecular formula is C14H27N3O2. The summed E-state index contributed by atoms with van der Waals surface area (Å²) in [5.41, 5.74) is 4.73.